The number of nitrogens with zero attached hydrogens (tertiary/aromatic N) is 1. The molecular formula is C13H25N. The van der Waals surface area contributed by atoms with E-state index >= 15 is 0 Å². The molecule has 1 heteroatoms. The zero-order valence-electron chi connectivity index (χ0n) is 9.73. The van der Waals surface area contributed by atoms with E-state index in [1.54, 1.807) is 0 Å². The molecule has 0 aromatic rings. The van der Waals surface area contributed by atoms with Gasteiger partial charge in [-0.25, -0.2) is 0 Å². The second-order valence-electron chi connectivity index (χ2n) is 4.57. The van der Waals surface area contributed by atoms with E-state index in [1.165, 1.54) is 70.0 Å². The van der Waals surface area contributed by atoms with Crippen molar-refractivity contribution in [3.05, 3.63) is 12.3 Å². The van der Waals surface area contributed by atoms with Gasteiger partial charge in [0.25, 0.3) is 0 Å². The third kappa shape index (κ3) is 4.69. The molecule has 0 aromatic heterocycles. The summed E-state index contributed by atoms with van der Waals surface area (Å²) in [7, 11) is 2.19. The van der Waals surface area contributed by atoms with Gasteiger partial charge in [-0.1, -0.05) is 45.1 Å². The first-order valence-corrected chi connectivity index (χ1v) is 6.19. The van der Waals surface area contributed by atoms with Gasteiger partial charge in [0.2, 0.25) is 0 Å². The molecule has 0 N–H and O–H groups in total. The number of hydrogen-bond acceptors (Lipinski definition) is 1. The maximum absolute atomic E-state index is 4.15. The van der Waals surface area contributed by atoms with E-state index in [-0.39, 0.29) is 0 Å². The topological polar surface area (TPSA) is 3.24 Å². The summed E-state index contributed by atoms with van der Waals surface area (Å²) in [4.78, 5) is 2.35. The minimum Gasteiger partial charge on any atom is -0.378 e. The Balaban J connectivity index is 2.27. The Bertz CT molecular complexity index is 163. The van der Waals surface area contributed by atoms with E-state index in [0.29, 0.717) is 0 Å². The smallest absolute Gasteiger partial charge is 0.0171 e. The van der Waals surface area contributed by atoms with Gasteiger partial charge >= 0.3 is 0 Å². The van der Waals surface area contributed by atoms with E-state index in [0.717, 1.165) is 0 Å². The van der Waals surface area contributed by atoms with Gasteiger partial charge in [-0.3, -0.25) is 0 Å². The molecule has 0 aromatic carbocycles. The van der Waals surface area contributed by atoms with Crippen LogP contribution in [0.25, 0.3) is 0 Å². The molecule has 1 fully saturated rings. The largest absolute Gasteiger partial charge is 0.378 e. The Morgan fingerprint density at radius 3 is 2.00 bits per heavy atom. The maximum atomic E-state index is 4.15. The molecule has 0 bridgehead atoms. The second-order valence-corrected chi connectivity index (χ2v) is 4.57. The van der Waals surface area contributed by atoms with Crippen LogP contribution in [-0.4, -0.2) is 18.5 Å². The number of hydrogen-bond donors (Lipinski definition) is 0. The Labute approximate surface area is 89.2 Å². The summed E-state index contributed by atoms with van der Waals surface area (Å²) in [6, 6.07) is 0. The van der Waals surface area contributed by atoms with Crippen LogP contribution in [0, 0.1) is 0 Å². The van der Waals surface area contributed by atoms with Crippen LogP contribution >= 0.6 is 0 Å². The highest BCUT2D eigenvalue weighted by Gasteiger charge is 2.03. The average molecular weight is 195 g/mol. The summed E-state index contributed by atoms with van der Waals surface area (Å²) in [6.45, 7) is 5.36. The summed E-state index contributed by atoms with van der Waals surface area (Å²) < 4.78 is 0. The molecule has 0 spiro atoms. The van der Waals surface area contributed by atoms with Gasteiger partial charge in [0.1, 0.15) is 0 Å². The first-order chi connectivity index (χ1) is 6.80. The molecule has 0 atom stereocenters. The summed E-state index contributed by atoms with van der Waals surface area (Å²) in [5.41, 5.74) is 1.34. The molecule has 1 heterocycles. The van der Waals surface area contributed by atoms with E-state index in [9.17, 15) is 0 Å². The molecule has 1 saturated heterocycles. The van der Waals surface area contributed by atoms with E-state index in [4.69, 9.17) is 0 Å². The van der Waals surface area contributed by atoms with Crippen molar-refractivity contribution in [2.24, 2.45) is 0 Å². The van der Waals surface area contributed by atoms with Crippen LogP contribution in [0.5, 0.6) is 0 Å². The Hall–Kier alpha value is -0.460. The lowest BCUT2D eigenvalue weighted by Gasteiger charge is -2.22. The summed E-state index contributed by atoms with van der Waals surface area (Å²) >= 11 is 0. The lowest BCUT2D eigenvalue weighted by molar-refractivity contribution is 0.375. The fraction of sp³-hybridized carbons (Fsp3) is 0.846. The van der Waals surface area contributed by atoms with Crippen LogP contribution in [-0.2, 0) is 0 Å². The highest BCUT2D eigenvalue weighted by atomic mass is 15.1. The first kappa shape index (κ1) is 11.6. The third-order valence-corrected chi connectivity index (χ3v) is 3.25. The molecule has 1 aliphatic heterocycles. The van der Waals surface area contributed by atoms with Crippen LogP contribution in [0.4, 0.5) is 0 Å². The van der Waals surface area contributed by atoms with Crippen LogP contribution in [0.3, 0.4) is 0 Å². The molecule has 14 heavy (non-hydrogen) atoms. The Morgan fingerprint density at radius 2 is 1.36 bits per heavy atom. The van der Waals surface area contributed by atoms with Gasteiger partial charge in [0.15, 0.2) is 0 Å². The molecule has 0 aliphatic carbocycles. The normalized spacial score (nSPS) is 22.6. The third-order valence-electron chi connectivity index (χ3n) is 3.25. The van der Waals surface area contributed by atoms with Crippen molar-refractivity contribution in [2.75, 3.05) is 13.6 Å². The summed E-state index contributed by atoms with van der Waals surface area (Å²) in [5.74, 6) is 0. The highest BCUT2D eigenvalue weighted by molar-refractivity contribution is 4.91. The number of rotatable bonds is 0. The van der Waals surface area contributed by atoms with Crippen molar-refractivity contribution < 1.29 is 0 Å². The molecule has 0 unspecified atom stereocenters. The zero-order valence-corrected chi connectivity index (χ0v) is 9.73. The fourth-order valence-corrected chi connectivity index (χ4v) is 2.09. The monoisotopic (exact) mass is 195 g/mol. The molecule has 0 amide bonds. The van der Waals surface area contributed by atoms with Crippen molar-refractivity contribution in [1.29, 1.82) is 0 Å². The van der Waals surface area contributed by atoms with Crippen molar-refractivity contribution in [2.45, 2.75) is 57.8 Å². The molecule has 1 aliphatic rings. The maximum Gasteiger partial charge on any atom is 0.0171 e. The SMILES string of the molecule is C=C1CCCCCCCCCCN1C. The van der Waals surface area contributed by atoms with Crippen molar-refractivity contribution >= 4 is 0 Å². The van der Waals surface area contributed by atoms with Gasteiger partial charge in [-0.15, -0.1) is 0 Å². The standard InChI is InChI=1S/C13H25N/c1-13-11-9-7-5-3-4-6-8-10-12-14(13)2/h1,3-12H2,2H3. The molecule has 0 saturated carbocycles. The zero-order chi connectivity index (χ0) is 10.2. The van der Waals surface area contributed by atoms with Gasteiger partial charge < -0.3 is 4.90 Å². The predicted molar refractivity (Wildman–Crippen MR) is 63.3 cm³/mol. The van der Waals surface area contributed by atoms with E-state index in [2.05, 4.69) is 18.5 Å². The number of allylic oxidation sites excluding steroid dienone is 1. The molecular weight excluding hydrogens is 170 g/mol. The lowest BCUT2D eigenvalue weighted by atomic mass is 10.0. The van der Waals surface area contributed by atoms with Gasteiger partial charge in [0, 0.05) is 19.3 Å². The minimum absolute atomic E-state index is 1.20. The predicted octanol–water partition coefficient (Wildman–Crippen LogP) is 3.96. The average Bonchev–Trinajstić information content (AvgIpc) is 2.18. The highest BCUT2D eigenvalue weighted by Crippen LogP contribution is 2.16. The Kier molecular flexibility index (Phi) is 5.74. The van der Waals surface area contributed by atoms with Crippen molar-refractivity contribution in [1.82, 2.24) is 4.90 Å². The van der Waals surface area contributed by atoms with Crippen molar-refractivity contribution in [3.63, 3.8) is 0 Å². The fourth-order valence-electron chi connectivity index (χ4n) is 2.09. The van der Waals surface area contributed by atoms with Crippen LogP contribution in [0.1, 0.15) is 57.8 Å². The van der Waals surface area contributed by atoms with Crippen molar-refractivity contribution in [3.8, 4) is 0 Å². The van der Waals surface area contributed by atoms with Crippen LogP contribution in [0.15, 0.2) is 12.3 Å². The molecule has 82 valence electrons. The molecule has 1 rings (SSSR count). The molecule has 0 radical (unpaired) electrons. The van der Waals surface area contributed by atoms with E-state index < -0.39 is 0 Å². The summed E-state index contributed by atoms with van der Waals surface area (Å²) in [5, 5.41) is 0. The van der Waals surface area contributed by atoms with Crippen LogP contribution < -0.4 is 0 Å². The molecule has 1 nitrogen and oxygen atoms in total. The van der Waals surface area contributed by atoms with Gasteiger partial charge in [0.05, 0.1) is 0 Å². The second kappa shape index (κ2) is 6.92. The first-order valence-electron chi connectivity index (χ1n) is 6.19. The van der Waals surface area contributed by atoms with Crippen LogP contribution in [0.2, 0.25) is 0 Å². The van der Waals surface area contributed by atoms with Gasteiger partial charge in [-0.2, -0.15) is 0 Å². The quantitative estimate of drug-likeness (QED) is 0.565. The lowest BCUT2D eigenvalue weighted by Crippen LogP contribution is -2.18. The van der Waals surface area contributed by atoms with Gasteiger partial charge in [-0.05, 0) is 19.3 Å². The van der Waals surface area contributed by atoms with E-state index in [1.807, 2.05) is 0 Å². The minimum atomic E-state index is 1.20. The Morgan fingerprint density at radius 1 is 0.857 bits per heavy atom. The summed E-state index contributed by atoms with van der Waals surface area (Å²) in [6.07, 6.45) is 12.4.